The van der Waals surface area contributed by atoms with E-state index >= 15 is 0 Å². The minimum absolute atomic E-state index is 0.0216. The van der Waals surface area contributed by atoms with Crippen LogP contribution >= 0.6 is 11.8 Å². The summed E-state index contributed by atoms with van der Waals surface area (Å²) < 4.78 is 6.35. The van der Waals surface area contributed by atoms with Gasteiger partial charge in [0.05, 0.1) is 6.61 Å². The molecule has 3 N–H and O–H groups in total. The molecule has 0 aromatic carbocycles. The number of hydrogen-bond donors (Lipinski definition) is 2. The van der Waals surface area contributed by atoms with Crippen LogP contribution in [0.3, 0.4) is 0 Å². The molecule has 1 aromatic heterocycles. The number of aromatic nitrogens is 3. The molecule has 0 aliphatic carbocycles. The molecule has 0 radical (unpaired) electrons. The SMILES string of the molecule is CCOC(=O)C(C)(N)CC(C)Sc1n[nH]c(=O)n1C. The fourth-order valence-electron chi connectivity index (χ4n) is 1.64. The van der Waals surface area contributed by atoms with Gasteiger partial charge in [0.25, 0.3) is 0 Å². The molecule has 0 amide bonds. The molecule has 1 aromatic rings. The quantitative estimate of drug-likeness (QED) is 0.575. The van der Waals surface area contributed by atoms with Crippen LogP contribution in [0.25, 0.3) is 0 Å². The van der Waals surface area contributed by atoms with Gasteiger partial charge in [-0.2, -0.15) is 0 Å². The predicted octanol–water partition coefficient (Wildman–Crippen LogP) is 0.260. The van der Waals surface area contributed by atoms with Gasteiger partial charge in [0, 0.05) is 12.3 Å². The lowest BCUT2D eigenvalue weighted by atomic mass is 9.98. The Bertz CT molecular complexity index is 494. The molecular weight excluding hydrogens is 268 g/mol. The third kappa shape index (κ3) is 4.10. The van der Waals surface area contributed by atoms with Crippen molar-refractivity contribution in [1.29, 1.82) is 0 Å². The normalized spacial score (nSPS) is 15.8. The van der Waals surface area contributed by atoms with E-state index in [-0.39, 0.29) is 10.9 Å². The van der Waals surface area contributed by atoms with Gasteiger partial charge in [-0.25, -0.2) is 9.89 Å². The molecule has 0 aliphatic rings. The number of aromatic amines is 1. The van der Waals surface area contributed by atoms with Gasteiger partial charge in [-0.15, -0.1) is 5.10 Å². The monoisotopic (exact) mass is 288 g/mol. The average Bonchev–Trinajstić information content (AvgIpc) is 2.60. The van der Waals surface area contributed by atoms with Crippen molar-refractivity contribution < 1.29 is 9.53 Å². The summed E-state index contributed by atoms with van der Waals surface area (Å²) >= 11 is 1.39. The average molecular weight is 288 g/mol. The number of ether oxygens (including phenoxy) is 1. The second-order valence-corrected chi connectivity index (χ2v) is 6.05. The highest BCUT2D eigenvalue weighted by Crippen LogP contribution is 2.26. The lowest BCUT2D eigenvalue weighted by Crippen LogP contribution is -2.47. The van der Waals surface area contributed by atoms with Crippen LogP contribution in [0.1, 0.15) is 27.2 Å². The minimum Gasteiger partial charge on any atom is -0.465 e. The second-order valence-electron chi connectivity index (χ2n) is 4.64. The molecule has 0 aliphatic heterocycles. The second kappa shape index (κ2) is 6.25. The number of thioether (sulfide) groups is 1. The predicted molar refractivity (Wildman–Crippen MR) is 73.0 cm³/mol. The Labute approximate surface area is 115 Å². The van der Waals surface area contributed by atoms with Crippen LogP contribution < -0.4 is 11.4 Å². The molecule has 108 valence electrons. The third-order valence-electron chi connectivity index (χ3n) is 2.60. The van der Waals surface area contributed by atoms with Crippen molar-refractivity contribution in [2.75, 3.05) is 6.61 Å². The zero-order valence-corrected chi connectivity index (χ0v) is 12.4. The molecule has 0 saturated heterocycles. The Morgan fingerprint density at radius 3 is 2.79 bits per heavy atom. The topological polar surface area (TPSA) is 103 Å². The van der Waals surface area contributed by atoms with Crippen LogP contribution in [0.2, 0.25) is 0 Å². The van der Waals surface area contributed by atoms with E-state index in [0.717, 1.165) is 0 Å². The van der Waals surface area contributed by atoms with Crippen molar-refractivity contribution in [3.8, 4) is 0 Å². The van der Waals surface area contributed by atoms with Crippen LogP contribution in [0.15, 0.2) is 9.95 Å². The van der Waals surface area contributed by atoms with Crippen LogP contribution in [0.4, 0.5) is 0 Å². The summed E-state index contributed by atoms with van der Waals surface area (Å²) in [6.45, 7) is 5.62. The maximum atomic E-state index is 11.7. The zero-order chi connectivity index (χ0) is 14.6. The number of rotatable bonds is 6. The molecule has 0 spiro atoms. The molecule has 1 heterocycles. The van der Waals surface area contributed by atoms with E-state index in [1.807, 2.05) is 6.92 Å². The number of H-pyrrole nitrogens is 1. The first-order valence-corrected chi connectivity index (χ1v) is 6.90. The number of carbonyl (C=O) groups excluding carboxylic acids is 1. The molecule has 0 bridgehead atoms. The third-order valence-corrected chi connectivity index (χ3v) is 3.74. The van der Waals surface area contributed by atoms with Crippen molar-refractivity contribution in [3.05, 3.63) is 10.5 Å². The first kappa shape index (κ1) is 15.8. The highest BCUT2D eigenvalue weighted by Gasteiger charge is 2.32. The standard InChI is InChI=1S/C11H20N4O3S/c1-5-18-8(16)11(3,12)6-7(2)19-10-14-13-9(17)15(10)4/h7H,5-6,12H2,1-4H3,(H,13,17). The number of nitrogens with two attached hydrogens (primary N) is 1. The number of nitrogens with one attached hydrogen (secondary N) is 1. The number of nitrogens with zero attached hydrogens (tertiary/aromatic N) is 2. The summed E-state index contributed by atoms with van der Waals surface area (Å²) in [5, 5.41) is 6.85. The Morgan fingerprint density at radius 2 is 2.32 bits per heavy atom. The molecule has 19 heavy (non-hydrogen) atoms. The Hall–Kier alpha value is -1.28. The van der Waals surface area contributed by atoms with Crippen molar-refractivity contribution in [2.24, 2.45) is 12.8 Å². The van der Waals surface area contributed by atoms with Gasteiger partial charge < -0.3 is 10.5 Å². The summed E-state index contributed by atoms with van der Waals surface area (Å²) in [7, 11) is 1.63. The Morgan fingerprint density at radius 1 is 1.68 bits per heavy atom. The van der Waals surface area contributed by atoms with E-state index in [0.29, 0.717) is 18.2 Å². The summed E-state index contributed by atoms with van der Waals surface area (Å²) in [6.07, 6.45) is 0.428. The molecule has 8 heteroatoms. The summed E-state index contributed by atoms with van der Waals surface area (Å²) in [6, 6.07) is 0. The molecule has 1 rings (SSSR count). The van der Waals surface area contributed by atoms with Gasteiger partial charge in [-0.05, 0) is 20.3 Å². The fraction of sp³-hybridized carbons (Fsp3) is 0.727. The molecule has 0 fully saturated rings. The largest absolute Gasteiger partial charge is 0.465 e. The highest BCUT2D eigenvalue weighted by atomic mass is 32.2. The smallest absolute Gasteiger partial charge is 0.343 e. The lowest BCUT2D eigenvalue weighted by Gasteiger charge is -2.25. The Kier molecular flexibility index (Phi) is 5.19. The van der Waals surface area contributed by atoms with Crippen LogP contribution in [0.5, 0.6) is 0 Å². The van der Waals surface area contributed by atoms with Crippen molar-refractivity contribution in [1.82, 2.24) is 14.8 Å². The highest BCUT2D eigenvalue weighted by molar-refractivity contribution is 7.99. The van der Waals surface area contributed by atoms with E-state index in [1.54, 1.807) is 20.9 Å². The maximum absolute atomic E-state index is 11.7. The van der Waals surface area contributed by atoms with Gasteiger partial charge in [0.1, 0.15) is 5.54 Å². The number of carbonyl (C=O) groups is 1. The molecule has 2 unspecified atom stereocenters. The fourth-order valence-corrected chi connectivity index (χ4v) is 2.76. The van der Waals surface area contributed by atoms with Gasteiger partial charge >= 0.3 is 11.7 Å². The van der Waals surface area contributed by atoms with E-state index in [4.69, 9.17) is 10.5 Å². The lowest BCUT2D eigenvalue weighted by molar-refractivity contribution is -0.149. The molecule has 2 atom stereocenters. The summed E-state index contributed by atoms with van der Waals surface area (Å²) in [5.74, 6) is -0.418. The van der Waals surface area contributed by atoms with Gasteiger partial charge in [0.15, 0.2) is 5.16 Å². The maximum Gasteiger partial charge on any atom is 0.343 e. The summed E-state index contributed by atoms with van der Waals surface area (Å²) in [4.78, 5) is 22.9. The molecular formula is C11H20N4O3S. The van der Waals surface area contributed by atoms with Gasteiger partial charge in [-0.1, -0.05) is 18.7 Å². The van der Waals surface area contributed by atoms with Crippen LogP contribution in [-0.4, -0.2) is 38.1 Å². The number of hydrogen-bond acceptors (Lipinski definition) is 6. The first-order valence-electron chi connectivity index (χ1n) is 6.02. The number of esters is 1. The summed E-state index contributed by atoms with van der Waals surface area (Å²) in [5.41, 5.74) is 4.65. The minimum atomic E-state index is -1.04. The van der Waals surface area contributed by atoms with E-state index < -0.39 is 11.5 Å². The molecule has 7 nitrogen and oxygen atoms in total. The first-order chi connectivity index (χ1) is 8.77. The van der Waals surface area contributed by atoms with Gasteiger partial charge in [-0.3, -0.25) is 9.36 Å². The van der Waals surface area contributed by atoms with Crippen molar-refractivity contribution >= 4 is 17.7 Å². The van der Waals surface area contributed by atoms with E-state index in [9.17, 15) is 9.59 Å². The van der Waals surface area contributed by atoms with Crippen molar-refractivity contribution in [2.45, 2.75) is 43.1 Å². The van der Waals surface area contributed by atoms with E-state index in [1.165, 1.54) is 16.3 Å². The zero-order valence-electron chi connectivity index (χ0n) is 11.6. The van der Waals surface area contributed by atoms with Crippen molar-refractivity contribution in [3.63, 3.8) is 0 Å². The van der Waals surface area contributed by atoms with Gasteiger partial charge in [0.2, 0.25) is 0 Å². The molecule has 0 saturated carbocycles. The van der Waals surface area contributed by atoms with Crippen LogP contribution in [0, 0.1) is 0 Å². The Balaban J connectivity index is 2.64. The van der Waals surface area contributed by atoms with Crippen LogP contribution in [-0.2, 0) is 16.6 Å². The van der Waals surface area contributed by atoms with E-state index in [2.05, 4.69) is 10.2 Å².